The van der Waals surface area contributed by atoms with Crippen molar-refractivity contribution in [3.05, 3.63) is 36.1 Å². The molecule has 0 aliphatic rings. The highest BCUT2D eigenvalue weighted by Gasteiger charge is 2.05. The fourth-order valence-corrected chi connectivity index (χ4v) is 1.61. The minimum atomic E-state index is -0.363. The summed E-state index contributed by atoms with van der Waals surface area (Å²) in [6, 6.07) is 8.53. The molecule has 2 rings (SSSR count). The summed E-state index contributed by atoms with van der Waals surface area (Å²) in [7, 11) is 1.59. The van der Waals surface area contributed by atoms with Crippen molar-refractivity contribution >= 4 is 11.8 Å². The van der Waals surface area contributed by atoms with Gasteiger partial charge in [0.1, 0.15) is 23.9 Å². The Morgan fingerprint density at radius 1 is 1.33 bits per heavy atom. The van der Waals surface area contributed by atoms with Crippen LogP contribution in [0.1, 0.15) is 5.76 Å². The van der Waals surface area contributed by atoms with Crippen molar-refractivity contribution in [2.24, 2.45) is 0 Å². The summed E-state index contributed by atoms with van der Waals surface area (Å²) in [5.74, 6) is 2.41. The van der Waals surface area contributed by atoms with Crippen LogP contribution in [0.15, 0.2) is 34.9 Å². The highest BCUT2D eigenvalue weighted by Crippen LogP contribution is 2.18. The van der Waals surface area contributed by atoms with Crippen molar-refractivity contribution < 1.29 is 18.8 Å². The molecule has 0 unspecified atom stereocenters. The number of aryl methyl sites for hydroxylation is 1. The van der Waals surface area contributed by atoms with Gasteiger partial charge in [0.2, 0.25) is 0 Å². The Labute approximate surface area is 122 Å². The van der Waals surface area contributed by atoms with Gasteiger partial charge in [-0.05, 0) is 19.1 Å². The van der Waals surface area contributed by atoms with E-state index in [2.05, 4.69) is 15.8 Å². The van der Waals surface area contributed by atoms with E-state index in [-0.39, 0.29) is 6.03 Å². The van der Waals surface area contributed by atoms with Gasteiger partial charge in [0.05, 0.1) is 13.7 Å². The molecule has 0 bridgehead atoms. The average molecular weight is 291 g/mol. The molecule has 21 heavy (non-hydrogen) atoms. The van der Waals surface area contributed by atoms with Gasteiger partial charge < -0.3 is 19.3 Å². The maximum atomic E-state index is 11.6. The number of anilines is 1. The van der Waals surface area contributed by atoms with Crippen LogP contribution in [0.5, 0.6) is 11.5 Å². The Morgan fingerprint density at radius 2 is 2.14 bits per heavy atom. The van der Waals surface area contributed by atoms with Gasteiger partial charge in [-0.3, -0.25) is 5.32 Å². The van der Waals surface area contributed by atoms with Gasteiger partial charge in [-0.25, -0.2) is 4.79 Å². The minimum absolute atomic E-state index is 0.346. The molecule has 2 amide bonds. The van der Waals surface area contributed by atoms with Crippen LogP contribution in [0.25, 0.3) is 0 Å². The molecule has 0 aliphatic carbocycles. The number of aromatic nitrogens is 1. The lowest BCUT2D eigenvalue weighted by molar-refractivity contribution is 0.247. The first-order valence-electron chi connectivity index (χ1n) is 6.42. The topological polar surface area (TPSA) is 85.6 Å². The van der Waals surface area contributed by atoms with Crippen molar-refractivity contribution in [1.82, 2.24) is 10.5 Å². The number of hydrogen-bond donors (Lipinski definition) is 2. The van der Waals surface area contributed by atoms with Crippen LogP contribution in [0, 0.1) is 6.92 Å². The van der Waals surface area contributed by atoms with Crippen molar-refractivity contribution in [3.63, 3.8) is 0 Å². The second-order valence-electron chi connectivity index (χ2n) is 4.23. The lowest BCUT2D eigenvalue weighted by Gasteiger charge is -2.08. The SMILES string of the molecule is COc1cccc(OCCNC(=O)Nc2cc(C)on2)c1. The number of methoxy groups -OCH3 is 1. The van der Waals surface area contributed by atoms with Gasteiger partial charge in [-0.1, -0.05) is 11.2 Å². The third-order valence-corrected chi connectivity index (χ3v) is 2.57. The van der Waals surface area contributed by atoms with Gasteiger partial charge in [0.15, 0.2) is 5.82 Å². The van der Waals surface area contributed by atoms with Crippen LogP contribution in [-0.2, 0) is 0 Å². The Hall–Kier alpha value is -2.70. The molecule has 7 heteroatoms. The van der Waals surface area contributed by atoms with Crippen LogP contribution < -0.4 is 20.1 Å². The molecule has 112 valence electrons. The first-order chi connectivity index (χ1) is 10.2. The smallest absolute Gasteiger partial charge is 0.320 e. The average Bonchev–Trinajstić information content (AvgIpc) is 2.89. The van der Waals surface area contributed by atoms with E-state index in [1.54, 1.807) is 26.2 Å². The molecule has 0 spiro atoms. The summed E-state index contributed by atoms with van der Waals surface area (Å²) in [5.41, 5.74) is 0. The van der Waals surface area contributed by atoms with Gasteiger partial charge in [-0.15, -0.1) is 0 Å². The zero-order valence-corrected chi connectivity index (χ0v) is 11.9. The van der Waals surface area contributed by atoms with Crippen LogP contribution in [0.4, 0.5) is 10.6 Å². The Morgan fingerprint density at radius 3 is 2.86 bits per heavy atom. The Kier molecular flexibility index (Phi) is 5.03. The summed E-state index contributed by atoms with van der Waals surface area (Å²) in [4.78, 5) is 11.6. The Bertz CT molecular complexity index is 597. The summed E-state index contributed by atoms with van der Waals surface area (Å²) in [5, 5.41) is 8.86. The summed E-state index contributed by atoms with van der Waals surface area (Å²) in [6.07, 6.45) is 0. The first kappa shape index (κ1) is 14.7. The van der Waals surface area contributed by atoms with E-state index in [0.717, 1.165) is 5.75 Å². The predicted octanol–water partition coefficient (Wildman–Crippen LogP) is 2.19. The quantitative estimate of drug-likeness (QED) is 0.797. The fraction of sp³-hybridized carbons (Fsp3) is 0.286. The van der Waals surface area contributed by atoms with E-state index in [4.69, 9.17) is 14.0 Å². The summed E-state index contributed by atoms with van der Waals surface area (Å²) >= 11 is 0. The molecule has 2 N–H and O–H groups in total. The third-order valence-electron chi connectivity index (χ3n) is 2.57. The van der Waals surface area contributed by atoms with Crippen LogP contribution >= 0.6 is 0 Å². The number of urea groups is 1. The highest BCUT2D eigenvalue weighted by molar-refractivity contribution is 5.88. The number of rotatable bonds is 6. The molecule has 0 atom stereocenters. The van der Waals surface area contributed by atoms with Crippen molar-refractivity contribution in [2.75, 3.05) is 25.6 Å². The standard InChI is InChI=1S/C14H17N3O4/c1-10-8-13(17-21-10)16-14(18)15-6-7-20-12-5-3-4-11(9-12)19-2/h3-5,8-9H,6-7H2,1-2H3,(H2,15,16,17,18). The lowest BCUT2D eigenvalue weighted by Crippen LogP contribution is -2.32. The van der Waals surface area contributed by atoms with E-state index in [1.165, 1.54) is 0 Å². The number of hydrogen-bond acceptors (Lipinski definition) is 5. The predicted molar refractivity (Wildman–Crippen MR) is 76.8 cm³/mol. The molecular weight excluding hydrogens is 274 g/mol. The van der Waals surface area contributed by atoms with Gasteiger partial charge >= 0.3 is 6.03 Å². The molecule has 7 nitrogen and oxygen atoms in total. The number of benzene rings is 1. The largest absolute Gasteiger partial charge is 0.497 e. The molecule has 1 aromatic heterocycles. The van der Waals surface area contributed by atoms with Crippen molar-refractivity contribution in [3.8, 4) is 11.5 Å². The monoisotopic (exact) mass is 291 g/mol. The minimum Gasteiger partial charge on any atom is -0.497 e. The normalized spacial score (nSPS) is 10.0. The molecule has 2 aromatic rings. The van der Waals surface area contributed by atoms with Gasteiger partial charge in [0, 0.05) is 12.1 Å². The van der Waals surface area contributed by atoms with E-state index in [0.29, 0.717) is 30.5 Å². The third kappa shape index (κ3) is 4.72. The highest BCUT2D eigenvalue weighted by atomic mass is 16.5. The molecule has 0 saturated heterocycles. The summed E-state index contributed by atoms with van der Waals surface area (Å²) < 4.78 is 15.4. The van der Waals surface area contributed by atoms with Crippen LogP contribution in [-0.4, -0.2) is 31.4 Å². The number of amides is 2. The van der Waals surface area contributed by atoms with Gasteiger partial charge in [0.25, 0.3) is 0 Å². The lowest BCUT2D eigenvalue weighted by atomic mass is 10.3. The van der Waals surface area contributed by atoms with Crippen LogP contribution in [0.2, 0.25) is 0 Å². The molecule has 0 aliphatic heterocycles. The second kappa shape index (κ2) is 7.18. The zero-order valence-electron chi connectivity index (χ0n) is 11.9. The van der Waals surface area contributed by atoms with Crippen LogP contribution in [0.3, 0.4) is 0 Å². The van der Waals surface area contributed by atoms with Crippen molar-refractivity contribution in [2.45, 2.75) is 6.92 Å². The molecule has 0 fully saturated rings. The van der Waals surface area contributed by atoms with E-state index in [9.17, 15) is 4.79 Å². The number of nitrogens with zero attached hydrogens (tertiary/aromatic N) is 1. The zero-order chi connectivity index (χ0) is 15.1. The molecular formula is C14H17N3O4. The molecule has 0 radical (unpaired) electrons. The number of carbonyl (C=O) groups excluding carboxylic acids is 1. The Balaban J connectivity index is 1.68. The first-order valence-corrected chi connectivity index (χ1v) is 6.42. The van der Waals surface area contributed by atoms with E-state index >= 15 is 0 Å². The molecule has 1 heterocycles. The second-order valence-corrected chi connectivity index (χ2v) is 4.23. The molecule has 0 saturated carbocycles. The fourth-order valence-electron chi connectivity index (χ4n) is 1.61. The van der Waals surface area contributed by atoms with E-state index < -0.39 is 0 Å². The number of carbonyl (C=O) groups is 1. The number of ether oxygens (including phenoxy) is 2. The van der Waals surface area contributed by atoms with Crippen molar-refractivity contribution in [1.29, 1.82) is 0 Å². The van der Waals surface area contributed by atoms with Gasteiger partial charge in [-0.2, -0.15) is 0 Å². The van der Waals surface area contributed by atoms with E-state index in [1.807, 2.05) is 18.2 Å². The maximum Gasteiger partial charge on any atom is 0.320 e. The summed E-state index contributed by atoms with van der Waals surface area (Å²) in [6.45, 7) is 2.45. The molecule has 1 aromatic carbocycles. The number of nitrogens with one attached hydrogen (secondary N) is 2. The maximum absolute atomic E-state index is 11.6.